The lowest BCUT2D eigenvalue weighted by atomic mass is 10.1. The van der Waals surface area contributed by atoms with Crippen molar-refractivity contribution in [3.05, 3.63) is 24.3 Å². The Kier molecular flexibility index (Phi) is 4.61. The van der Waals surface area contributed by atoms with E-state index in [4.69, 9.17) is 0 Å². The maximum absolute atomic E-state index is 11.8. The molecular formula is C17H23N3O2. The van der Waals surface area contributed by atoms with Crippen molar-refractivity contribution in [1.29, 1.82) is 0 Å². The predicted octanol–water partition coefficient (Wildman–Crippen LogP) is 2.28. The van der Waals surface area contributed by atoms with E-state index >= 15 is 0 Å². The van der Waals surface area contributed by atoms with Gasteiger partial charge in [0, 0.05) is 30.5 Å². The summed E-state index contributed by atoms with van der Waals surface area (Å²) in [5.41, 5.74) is 1.94. The first kappa shape index (κ1) is 14.9. The van der Waals surface area contributed by atoms with E-state index in [1.165, 1.54) is 24.9 Å². The van der Waals surface area contributed by atoms with Gasteiger partial charge in [-0.1, -0.05) is 0 Å². The Morgan fingerprint density at radius 2 is 1.68 bits per heavy atom. The molecular weight excluding hydrogens is 278 g/mol. The van der Waals surface area contributed by atoms with Gasteiger partial charge in [0.25, 0.3) is 0 Å². The van der Waals surface area contributed by atoms with E-state index < -0.39 is 0 Å². The number of amides is 2. The van der Waals surface area contributed by atoms with E-state index in [0.717, 1.165) is 31.6 Å². The van der Waals surface area contributed by atoms with Crippen LogP contribution in [0.25, 0.3) is 0 Å². The van der Waals surface area contributed by atoms with Crippen molar-refractivity contribution < 1.29 is 9.59 Å². The maximum atomic E-state index is 11.8. The third-order valence-corrected chi connectivity index (χ3v) is 4.14. The molecule has 5 nitrogen and oxygen atoms in total. The molecule has 1 aliphatic carbocycles. The molecule has 0 radical (unpaired) electrons. The fourth-order valence-corrected chi connectivity index (χ4v) is 2.77. The highest BCUT2D eigenvalue weighted by atomic mass is 16.2. The van der Waals surface area contributed by atoms with Gasteiger partial charge in [0.1, 0.15) is 6.42 Å². The second kappa shape index (κ2) is 6.81. The summed E-state index contributed by atoms with van der Waals surface area (Å²) in [6.45, 7) is 2.21. The Bertz CT molecular complexity index is 531. The Balaban J connectivity index is 1.49. The van der Waals surface area contributed by atoms with Crippen molar-refractivity contribution in [1.82, 2.24) is 5.32 Å². The zero-order chi connectivity index (χ0) is 15.4. The molecule has 1 saturated heterocycles. The molecule has 2 amide bonds. The summed E-state index contributed by atoms with van der Waals surface area (Å²) in [6.07, 6.45) is 5.76. The smallest absolute Gasteiger partial charge is 0.233 e. The van der Waals surface area contributed by atoms with E-state index in [1.54, 1.807) is 0 Å². The molecule has 22 heavy (non-hydrogen) atoms. The highest BCUT2D eigenvalue weighted by molar-refractivity contribution is 6.03. The number of carbonyl (C=O) groups is 2. The summed E-state index contributed by atoms with van der Waals surface area (Å²) in [6, 6.07) is 8.17. The van der Waals surface area contributed by atoms with E-state index in [2.05, 4.69) is 15.5 Å². The SMILES string of the molecule is O=C(CC(=O)NC1CC1)Nc1ccc(N2CCCCC2)cc1. The Morgan fingerprint density at radius 3 is 2.32 bits per heavy atom. The normalized spacial score (nSPS) is 17.9. The van der Waals surface area contributed by atoms with Gasteiger partial charge < -0.3 is 15.5 Å². The van der Waals surface area contributed by atoms with Crippen molar-refractivity contribution in [3.8, 4) is 0 Å². The average Bonchev–Trinajstić information content (AvgIpc) is 3.32. The first-order valence-corrected chi connectivity index (χ1v) is 8.15. The largest absolute Gasteiger partial charge is 0.372 e. The van der Waals surface area contributed by atoms with Crippen molar-refractivity contribution in [2.24, 2.45) is 0 Å². The summed E-state index contributed by atoms with van der Waals surface area (Å²) in [5.74, 6) is -0.450. The molecule has 0 atom stereocenters. The molecule has 0 aromatic heterocycles. The number of anilines is 2. The van der Waals surface area contributed by atoms with Crippen LogP contribution in [-0.2, 0) is 9.59 Å². The minimum atomic E-state index is -0.260. The highest BCUT2D eigenvalue weighted by Gasteiger charge is 2.24. The molecule has 2 N–H and O–H groups in total. The van der Waals surface area contributed by atoms with Crippen LogP contribution in [-0.4, -0.2) is 30.9 Å². The van der Waals surface area contributed by atoms with Gasteiger partial charge in [-0.25, -0.2) is 0 Å². The van der Waals surface area contributed by atoms with Gasteiger partial charge in [-0.05, 0) is 56.4 Å². The van der Waals surface area contributed by atoms with E-state index in [0.29, 0.717) is 6.04 Å². The number of hydrogen-bond donors (Lipinski definition) is 2. The topological polar surface area (TPSA) is 61.4 Å². The maximum Gasteiger partial charge on any atom is 0.233 e. The molecule has 0 unspecified atom stereocenters. The van der Waals surface area contributed by atoms with Crippen LogP contribution in [0.4, 0.5) is 11.4 Å². The number of carbonyl (C=O) groups excluding carboxylic acids is 2. The lowest BCUT2D eigenvalue weighted by Gasteiger charge is -2.28. The number of benzene rings is 1. The van der Waals surface area contributed by atoms with Crippen LogP contribution < -0.4 is 15.5 Å². The molecule has 1 aromatic rings. The van der Waals surface area contributed by atoms with E-state index in [1.807, 2.05) is 24.3 Å². The monoisotopic (exact) mass is 301 g/mol. The molecule has 1 aromatic carbocycles. The quantitative estimate of drug-likeness (QED) is 0.820. The van der Waals surface area contributed by atoms with Crippen molar-refractivity contribution >= 4 is 23.2 Å². The minimum absolute atomic E-state index is 0.107. The standard InChI is InChI=1S/C17H23N3O2/c21-16(18-13-4-5-13)12-17(22)19-14-6-8-15(9-7-14)20-10-2-1-3-11-20/h6-9,13H,1-5,10-12H2,(H,18,21)(H,19,22). The number of rotatable bonds is 5. The molecule has 5 heteroatoms. The van der Waals surface area contributed by atoms with Crippen molar-refractivity contribution in [2.45, 2.75) is 44.6 Å². The van der Waals surface area contributed by atoms with Gasteiger partial charge in [-0.2, -0.15) is 0 Å². The number of hydrogen-bond acceptors (Lipinski definition) is 3. The van der Waals surface area contributed by atoms with Gasteiger partial charge in [0.05, 0.1) is 0 Å². The van der Waals surface area contributed by atoms with E-state index in [-0.39, 0.29) is 18.2 Å². The van der Waals surface area contributed by atoms with Crippen LogP contribution in [0.3, 0.4) is 0 Å². The summed E-state index contributed by atoms with van der Waals surface area (Å²) in [5, 5.41) is 5.59. The summed E-state index contributed by atoms with van der Waals surface area (Å²) < 4.78 is 0. The third kappa shape index (κ3) is 4.23. The zero-order valence-corrected chi connectivity index (χ0v) is 12.8. The average molecular weight is 301 g/mol. The van der Waals surface area contributed by atoms with Crippen LogP contribution in [0.5, 0.6) is 0 Å². The van der Waals surface area contributed by atoms with Gasteiger partial charge in [0.2, 0.25) is 11.8 Å². The Morgan fingerprint density at radius 1 is 1.00 bits per heavy atom. The second-order valence-electron chi connectivity index (χ2n) is 6.16. The van der Waals surface area contributed by atoms with Crippen molar-refractivity contribution in [2.75, 3.05) is 23.3 Å². The molecule has 1 aliphatic heterocycles. The number of nitrogens with zero attached hydrogens (tertiary/aromatic N) is 1. The van der Waals surface area contributed by atoms with Crippen LogP contribution in [0.15, 0.2) is 24.3 Å². The fourth-order valence-electron chi connectivity index (χ4n) is 2.77. The van der Waals surface area contributed by atoms with Gasteiger partial charge >= 0.3 is 0 Å². The lowest BCUT2D eigenvalue weighted by molar-refractivity contribution is -0.126. The first-order chi connectivity index (χ1) is 10.7. The molecule has 2 fully saturated rings. The molecule has 118 valence electrons. The summed E-state index contributed by atoms with van der Waals surface area (Å²) in [7, 11) is 0. The second-order valence-corrected chi connectivity index (χ2v) is 6.16. The third-order valence-electron chi connectivity index (χ3n) is 4.14. The van der Waals surface area contributed by atoms with Crippen LogP contribution in [0, 0.1) is 0 Å². The van der Waals surface area contributed by atoms with Gasteiger partial charge in [-0.15, -0.1) is 0 Å². The highest BCUT2D eigenvalue weighted by Crippen LogP contribution is 2.22. The molecule has 2 aliphatic rings. The van der Waals surface area contributed by atoms with E-state index in [9.17, 15) is 9.59 Å². The molecule has 1 saturated carbocycles. The molecule has 1 heterocycles. The van der Waals surface area contributed by atoms with Crippen LogP contribution in [0.1, 0.15) is 38.5 Å². The minimum Gasteiger partial charge on any atom is -0.372 e. The Labute approximate surface area is 131 Å². The molecule has 0 bridgehead atoms. The molecule has 0 spiro atoms. The number of nitrogens with one attached hydrogen (secondary N) is 2. The fraction of sp³-hybridized carbons (Fsp3) is 0.529. The van der Waals surface area contributed by atoms with Crippen molar-refractivity contribution in [3.63, 3.8) is 0 Å². The van der Waals surface area contributed by atoms with Crippen LogP contribution >= 0.6 is 0 Å². The first-order valence-electron chi connectivity index (χ1n) is 8.15. The molecule has 3 rings (SSSR count). The Hall–Kier alpha value is -2.04. The summed E-state index contributed by atoms with van der Waals surface area (Å²) in [4.78, 5) is 25.8. The van der Waals surface area contributed by atoms with Gasteiger partial charge in [-0.3, -0.25) is 9.59 Å². The zero-order valence-electron chi connectivity index (χ0n) is 12.8. The number of piperidine rings is 1. The lowest BCUT2D eigenvalue weighted by Crippen LogP contribution is -2.30. The predicted molar refractivity (Wildman–Crippen MR) is 86.9 cm³/mol. The van der Waals surface area contributed by atoms with Crippen LogP contribution in [0.2, 0.25) is 0 Å². The summed E-state index contributed by atoms with van der Waals surface area (Å²) >= 11 is 0. The van der Waals surface area contributed by atoms with Gasteiger partial charge in [0.15, 0.2) is 0 Å².